The van der Waals surface area contributed by atoms with Gasteiger partial charge in [-0.25, -0.2) is 0 Å². The number of likely N-dealkylation sites (N-methyl/N-ethyl adjacent to an activating group) is 1. The Labute approximate surface area is 156 Å². The van der Waals surface area contributed by atoms with Crippen LogP contribution in [0.2, 0.25) is 0 Å². The lowest BCUT2D eigenvalue weighted by Crippen LogP contribution is -2.40. The Hall–Kier alpha value is -0.340. The molecule has 1 heterocycles. The summed E-state index contributed by atoms with van der Waals surface area (Å²) in [6.07, 6.45) is 3.63. The number of guanidine groups is 1. The van der Waals surface area contributed by atoms with E-state index in [1.54, 1.807) is 0 Å². The van der Waals surface area contributed by atoms with Crippen LogP contribution in [0.1, 0.15) is 36.4 Å². The summed E-state index contributed by atoms with van der Waals surface area (Å²) < 4.78 is 0. The summed E-state index contributed by atoms with van der Waals surface area (Å²) in [5, 5.41) is 6.74. The zero-order chi connectivity index (χ0) is 15.5. The topological polar surface area (TPSA) is 39.7 Å². The first kappa shape index (κ1) is 21.7. The molecule has 0 amide bonds. The minimum atomic E-state index is 0. The molecular weight excluding hydrogens is 407 g/mol. The van der Waals surface area contributed by atoms with E-state index in [0.29, 0.717) is 0 Å². The molecule has 0 saturated heterocycles. The van der Waals surface area contributed by atoms with Gasteiger partial charge in [-0.3, -0.25) is 4.99 Å². The fraction of sp³-hybridized carbons (Fsp3) is 0.688. The summed E-state index contributed by atoms with van der Waals surface area (Å²) >= 11 is 1.87. The molecule has 0 fully saturated rings. The van der Waals surface area contributed by atoms with E-state index in [2.05, 4.69) is 53.6 Å². The maximum atomic E-state index is 4.27. The van der Waals surface area contributed by atoms with Crippen LogP contribution >= 0.6 is 35.3 Å². The first-order valence-corrected chi connectivity index (χ1v) is 8.71. The van der Waals surface area contributed by atoms with Gasteiger partial charge < -0.3 is 15.5 Å². The highest BCUT2D eigenvalue weighted by Gasteiger charge is 2.02. The Balaban J connectivity index is 0.00000441. The highest BCUT2D eigenvalue weighted by Crippen LogP contribution is 2.16. The van der Waals surface area contributed by atoms with Crippen LogP contribution in [0.5, 0.6) is 0 Å². The molecule has 0 aliphatic carbocycles. The Morgan fingerprint density at radius 1 is 1.18 bits per heavy atom. The number of aryl methyl sites for hydroxylation is 1. The van der Waals surface area contributed by atoms with E-state index in [-0.39, 0.29) is 24.0 Å². The first-order chi connectivity index (χ1) is 10.2. The van der Waals surface area contributed by atoms with Crippen molar-refractivity contribution in [2.75, 3.05) is 33.7 Å². The van der Waals surface area contributed by atoms with E-state index < -0.39 is 0 Å². The number of aliphatic imine (C=N–C) groups is 1. The molecule has 6 heteroatoms. The maximum absolute atomic E-state index is 4.27. The normalized spacial score (nSPS) is 11.4. The smallest absolute Gasteiger partial charge is 0.191 e. The molecule has 0 radical (unpaired) electrons. The van der Waals surface area contributed by atoms with Gasteiger partial charge >= 0.3 is 0 Å². The quantitative estimate of drug-likeness (QED) is 0.353. The standard InChI is InChI=1S/C16H30N4S.HI/c1-5-7-11-20(4)12-10-18-16(17-3)19-13-15-9-8-14(6-2)21-15;/h8-9H,5-7,10-13H2,1-4H3,(H2,17,18,19);1H. The van der Waals surface area contributed by atoms with Crippen LogP contribution in [-0.2, 0) is 13.0 Å². The van der Waals surface area contributed by atoms with Crippen LogP contribution in [0.4, 0.5) is 0 Å². The van der Waals surface area contributed by atoms with Crippen molar-refractivity contribution in [2.45, 2.75) is 39.7 Å². The van der Waals surface area contributed by atoms with E-state index in [1.807, 2.05) is 18.4 Å². The Morgan fingerprint density at radius 2 is 1.91 bits per heavy atom. The third-order valence-corrected chi connectivity index (χ3v) is 4.63. The average molecular weight is 438 g/mol. The predicted molar refractivity (Wildman–Crippen MR) is 110 cm³/mol. The van der Waals surface area contributed by atoms with Crippen molar-refractivity contribution in [3.8, 4) is 0 Å². The predicted octanol–water partition coefficient (Wildman–Crippen LogP) is 3.33. The number of unbranched alkanes of at least 4 members (excludes halogenated alkanes) is 1. The molecule has 0 aliphatic heterocycles. The second-order valence-electron chi connectivity index (χ2n) is 5.23. The van der Waals surface area contributed by atoms with E-state index in [4.69, 9.17) is 0 Å². The second-order valence-corrected chi connectivity index (χ2v) is 6.48. The summed E-state index contributed by atoms with van der Waals surface area (Å²) in [5.74, 6) is 0.880. The molecule has 0 unspecified atom stereocenters. The van der Waals surface area contributed by atoms with Crippen LogP contribution in [0.25, 0.3) is 0 Å². The van der Waals surface area contributed by atoms with Crippen LogP contribution < -0.4 is 10.6 Å². The summed E-state index contributed by atoms with van der Waals surface area (Å²) in [5.41, 5.74) is 0. The van der Waals surface area contributed by atoms with Crippen molar-refractivity contribution in [2.24, 2.45) is 4.99 Å². The van der Waals surface area contributed by atoms with Gasteiger partial charge in [0.25, 0.3) is 0 Å². The lowest BCUT2D eigenvalue weighted by Gasteiger charge is -2.17. The molecule has 0 aromatic carbocycles. The Kier molecular flexibility index (Phi) is 12.9. The molecule has 1 rings (SSSR count). The average Bonchev–Trinajstić information content (AvgIpc) is 2.96. The molecule has 0 spiro atoms. The SMILES string of the molecule is CCCCN(C)CCNC(=NC)NCc1ccc(CC)s1.I. The fourth-order valence-electron chi connectivity index (χ4n) is 2.00. The fourth-order valence-corrected chi connectivity index (χ4v) is 2.90. The van der Waals surface area contributed by atoms with Crippen LogP contribution in [-0.4, -0.2) is 44.6 Å². The number of nitrogens with zero attached hydrogens (tertiary/aromatic N) is 2. The zero-order valence-electron chi connectivity index (χ0n) is 14.3. The molecule has 4 nitrogen and oxygen atoms in total. The number of hydrogen-bond acceptors (Lipinski definition) is 3. The van der Waals surface area contributed by atoms with Gasteiger partial charge in [0.2, 0.25) is 0 Å². The van der Waals surface area contributed by atoms with Gasteiger partial charge in [-0.05, 0) is 38.6 Å². The van der Waals surface area contributed by atoms with Crippen LogP contribution in [0.3, 0.4) is 0 Å². The number of hydrogen-bond donors (Lipinski definition) is 2. The molecule has 128 valence electrons. The summed E-state index contributed by atoms with van der Waals surface area (Å²) in [6, 6.07) is 4.41. The minimum absolute atomic E-state index is 0. The van der Waals surface area contributed by atoms with Crippen LogP contribution in [0, 0.1) is 0 Å². The van der Waals surface area contributed by atoms with Crippen molar-refractivity contribution >= 4 is 41.3 Å². The van der Waals surface area contributed by atoms with Gasteiger partial charge in [-0.1, -0.05) is 20.3 Å². The van der Waals surface area contributed by atoms with Crippen molar-refractivity contribution in [3.63, 3.8) is 0 Å². The summed E-state index contributed by atoms with van der Waals surface area (Å²) in [6.45, 7) is 8.39. The van der Waals surface area contributed by atoms with Gasteiger partial charge in [-0.2, -0.15) is 0 Å². The molecule has 0 atom stereocenters. The van der Waals surface area contributed by atoms with Crippen molar-refractivity contribution in [1.29, 1.82) is 0 Å². The van der Waals surface area contributed by atoms with E-state index in [9.17, 15) is 0 Å². The molecule has 22 heavy (non-hydrogen) atoms. The van der Waals surface area contributed by atoms with Gasteiger partial charge in [0.05, 0.1) is 6.54 Å². The van der Waals surface area contributed by atoms with Crippen LogP contribution in [0.15, 0.2) is 17.1 Å². The maximum Gasteiger partial charge on any atom is 0.191 e. The summed E-state index contributed by atoms with van der Waals surface area (Å²) in [7, 11) is 3.99. The largest absolute Gasteiger partial charge is 0.355 e. The molecule has 1 aromatic rings. The third-order valence-electron chi connectivity index (χ3n) is 3.40. The molecule has 1 aromatic heterocycles. The zero-order valence-corrected chi connectivity index (χ0v) is 17.5. The highest BCUT2D eigenvalue weighted by atomic mass is 127. The lowest BCUT2D eigenvalue weighted by atomic mass is 10.3. The minimum Gasteiger partial charge on any atom is -0.355 e. The van der Waals surface area contributed by atoms with E-state index >= 15 is 0 Å². The van der Waals surface area contributed by atoms with Gasteiger partial charge in [0.15, 0.2) is 5.96 Å². The van der Waals surface area contributed by atoms with E-state index in [0.717, 1.165) is 32.0 Å². The number of thiophene rings is 1. The summed E-state index contributed by atoms with van der Waals surface area (Å²) in [4.78, 5) is 9.42. The molecular formula is C16H31IN4S. The highest BCUT2D eigenvalue weighted by molar-refractivity contribution is 14.0. The van der Waals surface area contributed by atoms with Gasteiger partial charge in [0.1, 0.15) is 0 Å². The number of halogens is 1. The third kappa shape index (κ3) is 8.95. The van der Waals surface area contributed by atoms with E-state index in [1.165, 1.54) is 29.1 Å². The van der Waals surface area contributed by atoms with Gasteiger partial charge in [-0.15, -0.1) is 35.3 Å². The van der Waals surface area contributed by atoms with Gasteiger partial charge in [0, 0.05) is 29.9 Å². The first-order valence-electron chi connectivity index (χ1n) is 7.90. The number of nitrogens with one attached hydrogen (secondary N) is 2. The molecule has 2 N–H and O–H groups in total. The monoisotopic (exact) mass is 438 g/mol. The molecule has 0 saturated carbocycles. The van der Waals surface area contributed by atoms with Crippen molar-refractivity contribution in [1.82, 2.24) is 15.5 Å². The number of rotatable bonds is 9. The Bertz CT molecular complexity index is 420. The van der Waals surface area contributed by atoms with Crippen molar-refractivity contribution < 1.29 is 0 Å². The van der Waals surface area contributed by atoms with Crippen molar-refractivity contribution in [3.05, 3.63) is 21.9 Å². The molecule has 0 aliphatic rings. The molecule has 0 bridgehead atoms. The lowest BCUT2D eigenvalue weighted by molar-refractivity contribution is 0.332. The Morgan fingerprint density at radius 3 is 2.50 bits per heavy atom. The second kappa shape index (κ2) is 13.1.